The summed E-state index contributed by atoms with van der Waals surface area (Å²) in [6.07, 6.45) is 5.35. The molecule has 0 bridgehead atoms. The lowest BCUT2D eigenvalue weighted by molar-refractivity contribution is -0.135. The van der Waals surface area contributed by atoms with Gasteiger partial charge < -0.3 is 4.90 Å². The molecule has 2 heterocycles. The van der Waals surface area contributed by atoms with Crippen molar-refractivity contribution in [1.82, 2.24) is 14.9 Å². The molecule has 0 spiro atoms. The van der Waals surface area contributed by atoms with Gasteiger partial charge in [0.15, 0.2) is 0 Å². The van der Waals surface area contributed by atoms with E-state index in [2.05, 4.69) is 9.97 Å². The number of rotatable bonds is 2. The molecular weight excluding hydrogens is 202 g/mol. The van der Waals surface area contributed by atoms with E-state index < -0.39 is 0 Å². The highest BCUT2D eigenvalue weighted by Gasteiger charge is 2.31. The quantitative estimate of drug-likeness (QED) is 0.762. The van der Waals surface area contributed by atoms with Crippen LogP contribution in [0.25, 0.3) is 0 Å². The Hall–Kier alpha value is -1.45. The van der Waals surface area contributed by atoms with Crippen LogP contribution in [0.1, 0.15) is 38.4 Å². The summed E-state index contributed by atoms with van der Waals surface area (Å²) in [7, 11) is 0. The molecular formula is C12H17N3O. The smallest absolute Gasteiger partial charge is 0.225 e. The van der Waals surface area contributed by atoms with Crippen molar-refractivity contribution in [1.29, 1.82) is 0 Å². The van der Waals surface area contributed by atoms with E-state index in [4.69, 9.17) is 0 Å². The predicted molar refractivity (Wildman–Crippen MR) is 60.6 cm³/mol. The summed E-state index contributed by atoms with van der Waals surface area (Å²) in [5.41, 5.74) is 0.960. The highest BCUT2D eigenvalue weighted by molar-refractivity contribution is 5.78. The molecule has 4 heteroatoms. The minimum absolute atomic E-state index is 0.0578. The summed E-state index contributed by atoms with van der Waals surface area (Å²) in [5.74, 6) is 0.281. The van der Waals surface area contributed by atoms with E-state index >= 15 is 0 Å². The van der Waals surface area contributed by atoms with Gasteiger partial charge in [-0.25, -0.2) is 9.97 Å². The van der Waals surface area contributed by atoms with E-state index in [9.17, 15) is 4.79 Å². The van der Waals surface area contributed by atoms with Gasteiger partial charge in [-0.2, -0.15) is 0 Å². The van der Waals surface area contributed by atoms with E-state index in [1.54, 1.807) is 12.5 Å². The van der Waals surface area contributed by atoms with E-state index in [-0.39, 0.29) is 17.9 Å². The maximum absolute atomic E-state index is 12.0. The van der Waals surface area contributed by atoms with Crippen molar-refractivity contribution in [2.45, 2.75) is 32.7 Å². The molecule has 1 fully saturated rings. The number of aromatic nitrogens is 2. The fourth-order valence-electron chi connectivity index (χ4n) is 2.17. The minimum atomic E-state index is 0.0578. The number of likely N-dealkylation sites (tertiary alicyclic amines) is 1. The highest BCUT2D eigenvalue weighted by atomic mass is 16.2. The van der Waals surface area contributed by atoms with Gasteiger partial charge in [0.1, 0.15) is 6.33 Å². The summed E-state index contributed by atoms with van der Waals surface area (Å²) in [4.78, 5) is 22.1. The third kappa shape index (κ3) is 2.05. The first-order chi connectivity index (χ1) is 7.70. The van der Waals surface area contributed by atoms with Gasteiger partial charge in [0, 0.05) is 18.7 Å². The van der Waals surface area contributed by atoms with Crippen LogP contribution in [-0.4, -0.2) is 27.3 Å². The highest BCUT2D eigenvalue weighted by Crippen LogP contribution is 2.31. The van der Waals surface area contributed by atoms with Crippen molar-refractivity contribution in [3.8, 4) is 0 Å². The van der Waals surface area contributed by atoms with Gasteiger partial charge in [-0.15, -0.1) is 0 Å². The molecule has 0 radical (unpaired) electrons. The monoisotopic (exact) mass is 219 g/mol. The Kier molecular flexibility index (Phi) is 3.17. The lowest BCUT2D eigenvalue weighted by Gasteiger charge is -2.25. The Balaban J connectivity index is 2.19. The van der Waals surface area contributed by atoms with Crippen LogP contribution in [0.2, 0.25) is 0 Å². The molecule has 0 unspecified atom stereocenters. The van der Waals surface area contributed by atoms with Gasteiger partial charge >= 0.3 is 0 Å². The van der Waals surface area contributed by atoms with Gasteiger partial charge in [0.25, 0.3) is 0 Å². The molecule has 16 heavy (non-hydrogen) atoms. The molecule has 0 aliphatic carbocycles. The second-order valence-electron chi connectivity index (χ2n) is 4.48. The molecule has 86 valence electrons. The lowest BCUT2D eigenvalue weighted by Crippen LogP contribution is -2.34. The zero-order valence-corrected chi connectivity index (χ0v) is 9.76. The lowest BCUT2D eigenvalue weighted by atomic mass is 10.1. The third-order valence-electron chi connectivity index (χ3n) is 2.98. The Bertz CT molecular complexity index is 364. The van der Waals surface area contributed by atoms with Gasteiger partial charge in [-0.05, 0) is 18.9 Å². The average molecular weight is 219 g/mol. The summed E-state index contributed by atoms with van der Waals surface area (Å²) in [6, 6.07) is 2.05. The molecule has 4 nitrogen and oxygen atoms in total. The first-order valence-corrected chi connectivity index (χ1v) is 5.76. The van der Waals surface area contributed by atoms with Crippen LogP contribution < -0.4 is 0 Å². The van der Waals surface area contributed by atoms with Gasteiger partial charge in [-0.1, -0.05) is 13.8 Å². The second kappa shape index (κ2) is 4.60. The Morgan fingerprint density at radius 1 is 1.56 bits per heavy atom. The van der Waals surface area contributed by atoms with Crippen molar-refractivity contribution in [2.75, 3.05) is 6.54 Å². The SMILES string of the molecule is CC(C)C(=O)N1CCC[C@H]1c1ccncn1. The largest absolute Gasteiger partial charge is 0.334 e. The van der Waals surface area contributed by atoms with Gasteiger partial charge in [0.05, 0.1) is 11.7 Å². The molecule has 1 aromatic rings. The molecule has 0 N–H and O–H groups in total. The number of hydrogen-bond donors (Lipinski definition) is 0. The van der Waals surface area contributed by atoms with Crippen LogP contribution in [-0.2, 0) is 4.79 Å². The molecule has 1 aliphatic rings. The molecule has 1 saturated heterocycles. The van der Waals surface area contributed by atoms with Crippen molar-refractivity contribution in [3.05, 3.63) is 24.3 Å². The average Bonchev–Trinajstić information content (AvgIpc) is 2.77. The molecule has 1 atom stereocenters. The fourth-order valence-corrected chi connectivity index (χ4v) is 2.17. The van der Waals surface area contributed by atoms with Crippen molar-refractivity contribution in [3.63, 3.8) is 0 Å². The molecule has 1 amide bonds. The van der Waals surface area contributed by atoms with E-state index in [1.165, 1.54) is 0 Å². The van der Waals surface area contributed by atoms with E-state index in [1.807, 2.05) is 24.8 Å². The van der Waals surface area contributed by atoms with Crippen LogP contribution >= 0.6 is 0 Å². The number of carbonyl (C=O) groups excluding carboxylic acids is 1. The maximum Gasteiger partial charge on any atom is 0.225 e. The summed E-state index contributed by atoms with van der Waals surface area (Å²) >= 11 is 0. The summed E-state index contributed by atoms with van der Waals surface area (Å²) in [6.45, 7) is 4.74. The van der Waals surface area contributed by atoms with Crippen LogP contribution in [0.5, 0.6) is 0 Å². The van der Waals surface area contributed by atoms with Crippen molar-refractivity contribution < 1.29 is 4.79 Å². The number of hydrogen-bond acceptors (Lipinski definition) is 3. The van der Waals surface area contributed by atoms with E-state index in [0.29, 0.717) is 0 Å². The first-order valence-electron chi connectivity index (χ1n) is 5.76. The second-order valence-corrected chi connectivity index (χ2v) is 4.48. The molecule has 2 rings (SSSR count). The third-order valence-corrected chi connectivity index (χ3v) is 2.98. The Morgan fingerprint density at radius 2 is 2.38 bits per heavy atom. The van der Waals surface area contributed by atoms with Crippen LogP contribution in [0.4, 0.5) is 0 Å². The van der Waals surface area contributed by atoms with Crippen LogP contribution in [0, 0.1) is 5.92 Å². The van der Waals surface area contributed by atoms with Gasteiger partial charge in [-0.3, -0.25) is 4.79 Å². The van der Waals surface area contributed by atoms with Crippen molar-refractivity contribution >= 4 is 5.91 Å². The van der Waals surface area contributed by atoms with Gasteiger partial charge in [0.2, 0.25) is 5.91 Å². The van der Waals surface area contributed by atoms with Crippen molar-refractivity contribution in [2.24, 2.45) is 5.92 Å². The zero-order valence-electron chi connectivity index (χ0n) is 9.76. The normalized spacial score (nSPS) is 20.4. The number of nitrogens with zero attached hydrogens (tertiary/aromatic N) is 3. The zero-order chi connectivity index (χ0) is 11.5. The Morgan fingerprint density at radius 3 is 3.00 bits per heavy atom. The minimum Gasteiger partial charge on any atom is -0.334 e. The topological polar surface area (TPSA) is 46.1 Å². The summed E-state index contributed by atoms with van der Waals surface area (Å²) in [5, 5.41) is 0. The number of carbonyl (C=O) groups is 1. The molecule has 0 saturated carbocycles. The summed E-state index contributed by atoms with van der Waals surface area (Å²) < 4.78 is 0. The van der Waals surface area contributed by atoms with Crippen LogP contribution in [0.3, 0.4) is 0 Å². The predicted octanol–water partition coefficient (Wildman–Crippen LogP) is 1.80. The number of amides is 1. The fraction of sp³-hybridized carbons (Fsp3) is 0.583. The first kappa shape index (κ1) is 11.0. The molecule has 1 aromatic heterocycles. The Labute approximate surface area is 95.7 Å². The van der Waals surface area contributed by atoms with E-state index in [0.717, 1.165) is 25.1 Å². The van der Waals surface area contributed by atoms with Crippen LogP contribution in [0.15, 0.2) is 18.6 Å². The molecule has 0 aromatic carbocycles. The standard InChI is InChI=1S/C12H17N3O/c1-9(2)12(16)15-7-3-4-11(15)10-5-6-13-8-14-10/h5-6,8-9,11H,3-4,7H2,1-2H3/t11-/m0/s1. The maximum atomic E-state index is 12.0. The molecule has 1 aliphatic heterocycles.